The number of nitrogens with zero attached hydrogens (tertiary/aromatic N) is 3. The Bertz CT molecular complexity index is 518. The van der Waals surface area contributed by atoms with E-state index in [4.69, 9.17) is 4.74 Å². The van der Waals surface area contributed by atoms with Gasteiger partial charge in [0.1, 0.15) is 17.3 Å². The molecule has 0 radical (unpaired) electrons. The third-order valence-corrected chi connectivity index (χ3v) is 3.97. The van der Waals surface area contributed by atoms with E-state index in [1.54, 1.807) is 13.0 Å². The number of aryl methyl sites for hydroxylation is 1. The lowest BCUT2D eigenvalue weighted by atomic mass is 10.2. The Hall–Kier alpha value is -1.73. The summed E-state index contributed by atoms with van der Waals surface area (Å²) in [5, 5.41) is 6.21. The van der Waals surface area contributed by atoms with Crippen LogP contribution in [-0.2, 0) is 4.74 Å². The van der Waals surface area contributed by atoms with Crippen molar-refractivity contribution in [2.75, 3.05) is 51.3 Å². The van der Waals surface area contributed by atoms with Crippen molar-refractivity contribution in [3.05, 3.63) is 17.6 Å². The molecule has 24 heavy (non-hydrogen) atoms. The number of rotatable bonds is 9. The van der Waals surface area contributed by atoms with Crippen molar-refractivity contribution in [2.24, 2.45) is 0 Å². The van der Waals surface area contributed by atoms with Gasteiger partial charge in [0, 0.05) is 38.8 Å². The molecule has 2 N–H and O–H groups in total. The largest absolute Gasteiger partial charge is 0.379 e. The Morgan fingerprint density at radius 3 is 2.79 bits per heavy atom. The van der Waals surface area contributed by atoms with Gasteiger partial charge in [-0.2, -0.15) is 0 Å². The van der Waals surface area contributed by atoms with Gasteiger partial charge in [0.25, 0.3) is 5.91 Å². The van der Waals surface area contributed by atoms with Gasteiger partial charge < -0.3 is 15.4 Å². The highest BCUT2D eigenvalue weighted by molar-refractivity contribution is 5.92. The molecule has 0 spiro atoms. The number of aromatic nitrogens is 2. The van der Waals surface area contributed by atoms with E-state index in [1.165, 1.54) is 0 Å². The van der Waals surface area contributed by atoms with Crippen LogP contribution in [-0.4, -0.2) is 66.7 Å². The van der Waals surface area contributed by atoms with Gasteiger partial charge in [-0.3, -0.25) is 9.69 Å². The van der Waals surface area contributed by atoms with E-state index in [9.17, 15) is 4.79 Å². The zero-order valence-electron chi connectivity index (χ0n) is 14.8. The summed E-state index contributed by atoms with van der Waals surface area (Å²) in [5.74, 6) is 1.17. The topological polar surface area (TPSA) is 79.4 Å². The quantitative estimate of drug-likeness (QED) is 0.665. The maximum atomic E-state index is 12.2. The number of amides is 1. The molecule has 0 unspecified atom stereocenters. The van der Waals surface area contributed by atoms with E-state index < -0.39 is 0 Å². The fourth-order valence-corrected chi connectivity index (χ4v) is 2.61. The van der Waals surface area contributed by atoms with E-state index in [-0.39, 0.29) is 5.91 Å². The summed E-state index contributed by atoms with van der Waals surface area (Å²) in [6.45, 7) is 9.90. The molecule has 0 saturated carbocycles. The van der Waals surface area contributed by atoms with Crippen LogP contribution in [0.15, 0.2) is 6.07 Å². The number of carbonyl (C=O) groups excluding carboxylic acids is 1. The molecule has 1 aromatic heterocycles. The number of unbranched alkanes of at least 4 members (excludes halogenated alkanes) is 2. The number of ether oxygens (including phenoxy) is 1. The molecule has 1 saturated heterocycles. The number of nitrogens with one attached hydrogen (secondary N) is 2. The van der Waals surface area contributed by atoms with Gasteiger partial charge in [0.05, 0.1) is 13.2 Å². The Labute approximate surface area is 144 Å². The number of morpholine rings is 1. The highest BCUT2D eigenvalue weighted by Gasteiger charge is 2.12. The molecule has 1 fully saturated rings. The minimum atomic E-state index is -0.132. The summed E-state index contributed by atoms with van der Waals surface area (Å²) in [6.07, 6.45) is 3.26. The van der Waals surface area contributed by atoms with Crippen molar-refractivity contribution in [2.45, 2.75) is 33.1 Å². The van der Waals surface area contributed by atoms with E-state index in [0.29, 0.717) is 23.9 Å². The highest BCUT2D eigenvalue weighted by atomic mass is 16.5. The van der Waals surface area contributed by atoms with Crippen LogP contribution in [0.1, 0.15) is 42.5 Å². The third kappa shape index (κ3) is 6.41. The lowest BCUT2D eigenvalue weighted by Crippen LogP contribution is -2.39. The second-order valence-electron chi connectivity index (χ2n) is 6.03. The SMILES string of the molecule is CCCCCNC(=O)c1cc(NCCN2CCOCC2)nc(C)n1. The Balaban J connectivity index is 1.82. The molecule has 0 aliphatic carbocycles. The zero-order valence-corrected chi connectivity index (χ0v) is 14.8. The Morgan fingerprint density at radius 2 is 2.04 bits per heavy atom. The van der Waals surface area contributed by atoms with E-state index in [0.717, 1.165) is 58.7 Å². The normalized spacial score (nSPS) is 15.2. The predicted molar refractivity (Wildman–Crippen MR) is 94.4 cm³/mol. The fourth-order valence-electron chi connectivity index (χ4n) is 2.61. The van der Waals surface area contributed by atoms with Gasteiger partial charge in [-0.25, -0.2) is 9.97 Å². The van der Waals surface area contributed by atoms with Crippen LogP contribution in [0.25, 0.3) is 0 Å². The molecule has 0 aromatic carbocycles. The van der Waals surface area contributed by atoms with Crippen molar-refractivity contribution < 1.29 is 9.53 Å². The van der Waals surface area contributed by atoms with E-state index >= 15 is 0 Å². The van der Waals surface area contributed by atoms with Crippen molar-refractivity contribution in [1.29, 1.82) is 0 Å². The molecular weight excluding hydrogens is 306 g/mol. The minimum Gasteiger partial charge on any atom is -0.379 e. The van der Waals surface area contributed by atoms with E-state index in [1.807, 2.05) is 0 Å². The van der Waals surface area contributed by atoms with Crippen LogP contribution in [0.3, 0.4) is 0 Å². The first-order valence-corrected chi connectivity index (χ1v) is 8.87. The van der Waals surface area contributed by atoms with Gasteiger partial charge in [-0.15, -0.1) is 0 Å². The van der Waals surface area contributed by atoms with Crippen LogP contribution in [0.2, 0.25) is 0 Å². The molecule has 1 aliphatic heterocycles. The molecular formula is C17H29N5O2. The molecule has 1 aromatic rings. The van der Waals surface area contributed by atoms with Gasteiger partial charge >= 0.3 is 0 Å². The maximum absolute atomic E-state index is 12.2. The molecule has 134 valence electrons. The molecule has 7 heteroatoms. The lowest BCUT2D eigenvalue weighted by molar-refractivity contribution is 0.0398. The second-order valence-corrected chi connectivity index (χ2v) is 6.03. The summed E-state index contributed by atoms with van der Waals surface area (Å²) in [4.78, 5) is 23.1. The van der Waals surface area contributed by atoms with Crippen LogP contribution < -0.4 is 10.6 Å². The average molecular weight is 335 g/mol. The van der Waals surface area contributed by atoms with Gasteiger partial charge in [-0.05, 0) is 13.3 Å². The Morgan fingerprint density at radius 1 is 1.25 bits per heavy atom. The molecule has 2 heterocycles. The first-order valence-electron chi connectivity index (χ1n) is 8.87. The predicted octanol–water partition coefficient (Wildman–Crippen LogP) is 1.45. The van der Waals surface area contributed by atoms with Crippen molar-refractivity contribution in [3.8, 4) is 0 Å². The zero-order chi connectivity index (χ0) is 17.2. The fraction of sp³-hybridized carbons (Fsp3) is 0.706. The summed E-state index contributed by atoms with van der Waals surface area (Å²) in [6, 6.07) is 1.72. The van der Waals surface area contributed by atoms with E-state index in [2.05, 4.69) is 32.4 Å². The van der Waals surface area contributed by atoms with Gasteiger partial charge in [0.2, 0.25) is 0 Å². The highest BCUT2D eigenvalue weighted by Crippen LogP contribution is 2.07. The standard InChI is InChI=1S/C17H29N5O2/c1-3-4-5-6-19-17(23)15-13-16(21-14(2)20-15)18-7-8-22-9-11-24-12-10-22/h13H,3-12H2,1-2H3,(H,19,23)(H,18,20,21). The average Bonchev–Trinajstić information content (AvgIpc) is 2.59. The number of anilines is 1. The molecule has 1 aliphatic rings. The maximum Gasteiger partial charge on any atom is 0.270 e. The molecule has 0 bridgehead atoms. The van der Waals surface area contributed by atoms with Crippen LogP contribution in [0.5, 0.6) is 0 Å². The molecule has 1 amide bonds. The number of carbonyl (C=O) groups is 1. The third-order valence-electron chi connectivity index (χ3n) is 3.97. The summed E-state index contributed by atoms with van der Waals surface area (Å²) < 4.78 is 5.34. The van der Waals surface area contributed by atoms with Crippen molar-refractivity contribution in [1.82, 2.24) is 20.2 Å². The molecule has 7 nitrogen and oxygen atoms in total. The first-order chi connectivity index (χ1) is 11.7. The first kappa shape index (κ1) is 18.6. The van der Waals surface area contributed by atoms with Crippen molar-refractivity contribution in [3.63, 3.8) is 0 Å². The minimum absolute atomic E-state index is 0.132. The van der Waals surface area contributed by atoms with Crippen LogP contribution >= 0.6 is 0 Å². The smallest absolute Gasteiger partial charge is 0.270 e. The summed E-state index contributed by atoms with van der Waals surface area (Å²) in [7, 11) is 0. The monoisotopic (exact) mass is 335 g/mol. The summed E-state index contributed by atoms with van der Waals surface area (Å²) >= 11 is 0. The summed E-state index contributed by atoms with van der Waals surface area (Å²) in [5.41, 5.74) is 0.424. The molecule has 0 atom stereocenters. The van der Waals surface area contributed by atoms with Crippen LogP contribution in [0.4, 0.5) is 5.82 Å². The second kappa shape index (κ2) is 10.2. The van der Waals surface area contributed by atoms with Gasteiger partial charge in [-0.1, -0.05) is 19.8 Å². The Kier molecular flexibility index (Phi) is 7.91. The van der Waals surface area contributed by atoms with Gasteiger partial charge in [0.15, 0.2) is 0 Å². The number of hydrogen-bond acceptors (Lipinski definition) is 6. The van der Waals surface area contributed by atoms with Crippen LogP contribution in [0, 0.1) is 6.92 Å². The molecule has 2 rings (SSSR count). The number of hydrogen-bond donors (Lipinski definition) is 2. The van der Waals surface area contributed by atoms with Crippen molar-refractivity contribution >= 4 is 11.7 Å². The lowest BCUT2D eigenvalue weighted by Gasteiger charge is -2.26.